The van der Waals surface area contributed by atoms with E-state index in [-0.39, 0.29) is 34.1 Å². The van der Waals surface area contributed by atoms with E-state index in [1.165, 1.54) is 30.3 Å². The second-order valence-electron chi connectivity index (χ2n) is 6.33. The summed E-state index contributed by atoms with van der Waals surface area (Å²) in [6.07, 6.45) is 0.199. The van der Waals surface area contributed by atoms with Crippen molar-refractivity contribution in [3.8, 4) is 0 Å². The molecule has 1 saturated heterocycles. The van der Waals surface area contributed by atoms with Gasteiger partial charge >= 0.3 is 0 Å². The molecule has 1 aliphatic rings. The van der Waals surface area contributed by atoms with Gasteiger partial charge in [0, 0.05) is 16.1 Å². The number of hydrogen-bond donors (Lipinski definition) is 2. The van der Waals surface area contributed by atoms with E-state index in [0.717, 1.165) is 6.07 Å². The van der Waals surface area contributed by atoms with Crippen molar-refractivity contribution >= 4 is 47.4 Å². The third-order valence-corrected chi connectivity index (χ3v) is 7.92. The zero-order chi connectivity index (χ0) is 20.5. The van der Waals surface area contributed by atoms with Crippen molar-refractivity contribution in [2.45, 2.75) is 17.4 Å². The van der Waals surface area contributed by atoms with E-state index in [2.05, 4.69) is 26.0 Å². The maximum absolute atomic E-state index is 13.9. The first-order chi connectivity index (χ1) is 13.1. The molecule has 7 nitrogen and oxygen atoms in total. The van der Waals surface area contributed by atoms with E-state index in [4.69, 9.17) is 0 Å². The molecule has 0 saturated carbocycles. The number of anilines is 1. The molecule has 1 amide bonds. The highest BCUT2D eigenvalue weighted by atomic mass is 79.9. The molecule has 0 radical (unpaired) electrons. The van der Waals surface area contributed by atoms with Crippen molar-refractivity contribution in [1.82, 2.24) is 4.72 Å². The van der Waals surface area contributed by atoms with E-state index in [1.807, 2.05) is 0 Å². The van der Waals surface area contributed by atoms with Crippen LogP contribution in [0.15, 0.2) is 51.8 Å². The summed E-state index contributed by atoms with van der Waals surface area (Å²) in [6, 6.07) is 8.64. The summed E-state index contributed by atoms with van der Waals surface area (Å²) in [6.45, 7) is 0. The average molecular weight is 491 g/mol. The van der Waals surface area contributed by atoms with Gasteiger partial charge in [-0.05, 0) is 42.8 Å². The summed E-state index contributed by atoms with van der Waals surface area (Å²) in [5.74, 6) is -1.64. The van der Waals surface area contributed by atoms with Crippen LogP contribution in [0.4, 0.5) is 10.1 Å². The fourth-order valence-electron chi connectivity index (χ4n) is 2.77. The van der Waals surface area contributed by atoms with E-state index < -0.39 is 37.6 Å². The molecular formula is C17H16BrFN2O5S2. The SMILES string of the molecule is O=C(Nc1ccc(Br)cc1F)c1cccc(S(=O)(=O)NC2CCS(=O)(=O)C2)c1. The Morgan fingerprint density at radius 3 is 2.57 bits per heavy atom. The molecular weight excluding hydrogens is 475 g/mol. The molecule has 11 heteroatoms. The molecule has 0 aromatic heterocycles. The second-order valence-corrected chi connectivity index (χ2v) is 11.2. The van der Waals surface area contributed by atoms with Crippen LogP contribution in [0.25, 0.3) is 0 Å². The maximum Gasteiger partial charge on any atom is 0.255 e. The number of sulfone groups is 1. The predicted octanol–water partition coefficient (Wildman–Crippen LogP) is 2.31. The minimum Gasteiger partial charge on any atom is -0.319 e. The second kappa shape index (κ2) is 7.90. The van der Waals surface area contributed by atoms with Crippen LogP contribution in [0.2, 0.25) is 0 Å². The van der Waals surface area contributed by atoms with Gasteiger partial charge in [0.25, 0.3) is 5.91 Å². The van der Waals surface area contributed by atoms with Gasteiger partial charge in [-0.1, -0.05) is 22.0 Å². The van der Waals surface area contributed by atoms with Crippen LogP contribution in [-0.2, 0) is 19.9 Å². The standard InChI is InChI=1S/C17H16BrFN2O5S2/c18-12-4-5-16(15(19)9-12)20-17(22)11-2-1-3-14(8-11)28(25,26)21-13-6-7-27(23,24)10-13/h1-5,8-9,13,21H,6-7,10H2,(H,20,22). The lowest BCUT2D eigenvalue weighted by Crippen LogP contribution is -2.35. The molecule has 0 bridgehead atoms. The first kappa shape index (κ1) is 20.9. The smallest absolute Gasteiger partial charge is 0.255 e. The molecule has 1 atom stereocenters. The van der Waals surface area contributed by atoms with E-state index in [0.29, 0.717) is 4.47 Å². The molecule has 2 aromatic rings. The minimum atomic E-state index is -4.01. The van der Waals surface area contributed by atoms with E-state index >= 15 is 0 Å². The van der Waals surface area contributed by atoms with Gasteiger partial charge in [0.15, 0.2) is 9.84 Å². The topological polar surface area (TPSA) is 109 Å². The zero-order valence-electron chi connectivity index (χ0n) is 14.4. The van der Waals surface area contributed by atoms with E-state index in [9.17, 15) is 26.0 Å². The van der Waals surface area contributed by atoms with Gasteiger partial charge in [-0.2, -0.15) is 0 Å². The third-order valence-electron chi connectivity index (χ3n) is 4.14. The Kier molecular flexibility index (Phi) is 5.89. The Morgan fingerprint density at radius 2 is 1.93 bits per heavy atom. The normalized spacial score (nSPS) is 18.7. The number of sulfonamides is 1. The fourth-order valence-corrected chi connectivity index (χ4v) is 6.19. The van der Waals surface area contributed by atoms with Crippen molar-refractivity contribution in [2.75, 3.05) is 16.8 Å². The Bertz CT molecular complexity index is 1140. The van der Waals surface area contributed by atoms with Crippen LogP contribution >= 0.6 is 15.9 Å². The van der Waals surface area contributed by atoms with Crippen molar-refractivity contribution in [1.29, 1.82) is 0 Å². The quantitative estimate of drug-likeness (QED) is 0.668. The van der Waals surface area contributed by atoms with Crippen LogP contribution in [0.3, 0.4) is 0 Å². The highest BCUT2D eigenvalue weighted by Crippen LogP contribution is 2.21. The van der Waals surface area contributed by atoms with Gasteiger partial charge in [0.1, 0.15) is 5.82 Å². The minimum absolute atomic E-state index is 0.0178. The summed E-state index contributed by atoms with van der Waals surface area (Å²) in [5, 5.41) is 2.39. The lowest BCUT2D eigenvalue weighted by molar-refractivity contribution is 0.102. The van der Waals surface area contributed by atoms with Crippen molar-refractivity contribution in [3.05, 3.63) is 58.3 Å². The monoisotopic (exact) mass is 490 g/mol. The van der Waals surface area contributed by atoms with Gasteiger partial charge in [-0.15, -0.1) is 0 Å². The summed E-state index contributed by atoms with van der Waals surface area (Å²) in [5.41, 5.74) is -0.0278. The van der Waals surface area contributed by atoms with Gasteiger partial charge in [0.2, 0.25) is 10.0 Å². The van der Waals surface area contributed by atoms with Gasteiger partial charge in [-0.25, -0.2) is 25.9 Å². The Balaban J connectivity index is 1.78. The molecule has 1 heterocycles. The van der Waals surface area contributed by atoms with Crippen LogP contribution in [0.1, 0.15) is 16.8 Å². The summed E-state index contributed by atoms with van der Waals surface area (Å²) in [4.78, 5) is 12.2. The van der Waals surface area contributed by atoms with Crippen LogP contribution in [0.5, 0.6) is 0 Å². The predicted molar refractivity (Wildman–Crippen MR) is 106 cm³/mol. The highest BCUT2D eigenvalue weighted by Gasteiger charge is 2.31. The molecule has 28 heavy (non-hydrogen) atoms. The molecule has 150 valence electrons. The lowest BCUT2D eigenvalue weighted by Gasteiger charge is -2.12. The number of rotatable bonds is 5. The molecule has 2 aromatic carbocycles. The largest absolute Gasteiger partial charge is 0.319 e. The van der Waals surface area contributed by atoms with Gasteiger partial charge in [-0.3, -0.25) is 4.79 Å². The summed E-state index contributed by atoms with van der Waals surface area (Å²) in [7, 11) is -7.25. The highest BCUT2D eigenvalue weighted by molar-refractivity contribution is 9.10. The molecule has 0 aliphatic carbocycles. The average Bonchev–Trinajstić information content (AvgIpc) is 2.95. The van der Waals surface area contributed by atoms with Crippen LogP contribution in [0, 0.1) is 5.82 Å². The number of nitrogens with one attached hydrogen (secondary N) is 2. The summed E-state index contributed by atoms with van der Waals surface area (Å²) >= 11 is 3.12. The first-order valence-corrected chi connectivity index (χ1v) is 12.2. The number of amides is 1. The Hall–Kier alpha value is -1.82. The number of carbonyl (C=O) groups excluding carboxylic acids is 1. The van der Waals surface area contributed by atoms with Crippen molar-refractivity contribution in [3.63, 3.8) is 0 Å². The first-order valence-electron chi connectivity index (χ1n) is 8.15. The molecule has 2 N–H and O–H groups in total. The Morgan fingerprint density at radius 1 is 1.18 bits per heavy atom. The van der Waals surface area contributed by atoms with Gasteiger partial charge in [0.05, 0.1) is 22.1 Å². The summed E-state index contributed by atoms with van der Waals surface area (Å²) < 4.78 is 64.8. The van der Waals surface area contributed by atoms with E-state index in [1.54, 1.807) is 6.07 Å². The molecule has 1 unspecified atom stereocenters. The van der Waals surface area contributed by atoms with Crippen LogP contribution in [-0.4, -0.2) is 40.3 Å². The number of benzene rings is 2. The number of halogens is 2. The maximum atomic E-state index is 13.9. The molecule has 0 spiro atoms. The van der Waals surface area contributed by atoms with Gasteiger partial charge < -0.3 is 5.32 Å². The van der Waals surface area contributed by atoms with Crippen LogP contribution < -0.4 is 10.0 Å². The molecule has 1 aliphatic heterocycles. The molecule has 3 rings (SSSR count). The fraction of sp³-hybridized carbons (Fsp3) is 0.235. The van der Waals surface area contributed by atoms with Crippen molar-refractivity contribution in [2.24, 2.45) is 0 Å². The molecule has 1 fully saturated rings. The number of carbonyl (C=O) groups is 1. The number of hydrogen-bond acceptors (Lipinski definition) is 5. The lowest BCUT2D eigenvalue weighted by atomic mass is 10.2. The third kappa shape index (κ3) is 4.96. The Labute approximate surface area is 170 Å². The van der Waals surface area contributed by atoms with Crippen molar-refractivity contribution < 1.29 is 26.0 Å². The zero-order valence-corrected chi connectivity index (χ0v) is 17.6.